The van der Waals surface area contributed by atoms with Gasteiger partial charge in [0.2, 0.25) is 6.36 Å². The summed E-state index contributed by atoms with van der Waals surface area (Å²) < 4.78 is 33.4. The lowest BCUT2D eigenvalue weighted by Crippen LogP contribution is -2.09. The Labute approximate surface area is 87.0 Å². The first kappa shape index (κ1) is 13.7. The molecule has 0 spiro atoms. The van der Waals surface area contributed by atoms with Crippen LogP contribution in [-0.2, 0) is 13.6 Å². The van der Waals surface area contributed by atoms with Crippen molar-refractivity contribution in [2.24, 2.45) is 0 Å². The maximum absolute atomic E-state index is 12.6. The predicted molar refractivity (Wildman–Crippen MR) is 51.5 cm³/mol. The zero-order valence-electron chi connectivity index (χ0n) is 7.21. The summed E-state index contributed by atoms with van der Waals surface area (Å²) in [5, 5.41) is 0. The standard InChI is InChI=1S/C6H12Cl2FO3P/c1-2-13(10,11-4-3-7)12-6(9)5-8/h6H,2-5H2,1H3. The van der Waals surface area contributed by atoms with Gasteiger partial charge in [0, 0.05) is 12.0 Å². The van der Waals surface area contributed by atoms with Gasteiger partial charge < -0.3 is 4.52 Å². The molecule has 0 radical (unpaired) electrons. The minimum absolute atomic E-state index is 0.0711. The van der Waals surface area contributed by atoms with E-state index in [1.54, 1.807) is 6.92 Å². The Morgan fingerprint density at radius 3 is 2.54 bits per heavy atom. The Morgan fingerprint density at radius 1 is 1.54 bits per heavy atom. The largest absolute Gasteiger partial charge is 0.333 e. The number of alkyl halides is 3. The molecule has 3 nitrogen and oxygen atoms in total. The zero-order chi connectivity index (χ0) is 10.3. The highest BCUT2D eigenvalue weighted by atomic mass is 35.5. The second-order valence-corrected chi connectivity index (χ2v) is 5.13. The smallest absolute Gasteiger partial charge is 0.307 e. The molecular formula is C6H12Cl2FO3P. The van der Waals surface area contributed by atoms with Gasteiger partial charge in [0.15, 0.2) is 0 Å². The molecule has 0 saturated carbocycles. The Morgan fingerprint density at radius 2 is 2.15 bits per heavy atom. The molecule has 0 aliphatic carbocycles. The lowest BCUT2D eigenvalue weighted by atomic mass is 10.8. The third-order valence-corrected chi connectivity index (χ3v) is 3.45. The van der Waals surface area contributed by atoms with Crippen molar-refractivity contribution >= 4 is 30.8 Å². The molecule has 0 aliphatic heterocycles. The van der Waals surface area contributed by atoms with E-state index in [9.17, 15) is 8.96 Å². The summed E-state index contributed by atoms with van der Waals surface area (Å²) in [6.45, 7) is 1.65. The van der Waals surface area contributed by atoms with Crippen molar-refractivity contribution in [1.82, 2.24) is 0 Å². The van der Waals surface area contributed by atoms with Crippen molar-refractivity contribution < 1.29 is 18.0 Å². The molecule has 0 aliphatic rings. The van der Waals surface area contributed by atoms with Gasteiger partial charge in [-0.25, -0.2) is 4.39 Å². The van der Waals surface area contributed by atoms with Crippen LogP contribution in [0.4, 0.5) is 4.39 Å². The fraction of sp³-hybridized carbons (Fsp3) is 1.00. The molecule has 80 valence electrons. The molecule has 0 saturated heterocycles. The van der Waals surface area contributed by atoms with Crippen LogP contribution in [-0.4, -0.2) is 30.9 Å². The summed E-state index contributed by atoms with van der Waals surface area (Å²) in [6.07, 6.45) is -1.66. The van der Waals surface area contributed by atoms with Crippen LogP contribution in [0.5, 0.6) is 0 Å². The molecule has 7 heteroatoms. The molecule has 0 bridgehead atoms. The average molecular weight is 253 g/mol. The van der Waals surface area contributed by atoms with Crippen LogP contribution in [0.25, 0.3) is 0 Å². The molecule has 0 amide bonds. The molecule has 13 heavy (non-hydrogen) atoms. The van der Waals surface area contributed by atoms with E-state index in [4.69, 9.17) is 27.7 Å². The summed E-state index contributed by atoms with van der Waals surface area (Å²) in [5.41, 5.74) is 0. The highest BCUT2D eigenvalue weighted by Crippen LogP contribution is 2.49. The second kappa shape index (κ2) is 7.02. The summed E-state index contributed by atoms with van der Waals surface area (Å²) in [7, 11) is -3.33. The summed E-state index contributed by atoms with van der Waals surface area (Å²) in [4.78, 5) is 0. The van der Waals surface area contributed by atoms with E-state index in [0.29, 0.717) is 0 Å². The van der Waals surface area contributed by atoms with Gasteiger partial charge in [0.1, 0.15) is 0 Å². The first-order valence-corrected chi connectivity index (χ1v) is 6.55. The van der Waals surface area contributed by atoms with Gasteiger partial charge in [-0.3, -0.25) is 9.09 Å². The normalized spacial score (nSPS) is 18.2. The molecule has 0 aromatic carbocycles. The fourth-order valence-electron chi connectivity index (χ4n) is 0.572. The number of rotatable bonds is 7. The van der Waals surface area contributed by atoms with E-state index < -0.39 is 14.0 Å². The van der Waals surface area contributed by atoms with Crippen LogP contribution in [0.15, 0.2) is 0 Å². The van der Waals surface area contributed by atoms with Crippen molar-refractivity contribution in [2.75, 3.05) is 24.5 Å². The maximum Gasteiger partial charge on any atom is 0.333 e. The second-order valence-electron chi connectivity index (χ2n) is 2.12. The van der Waals surface area contributed by atoms with Crippen LogP contribution in [0, 0.1) is 0 Å². The minimum Gasteiger partial charge on any atom is -0.307 e. The quantitative estimate of drug-likeness (QED) is 0.516. The van der Waals surface area contributed by atoms with Gasteiger partial charge in [-0.05, 0) is 0 Å². The average Bonchev–Trinajstić information content (AvgIpc) is 2.14. The highest BCUT2D eigenvalue weighted by Gasteiger charge is 2.26. The molecule has 0 N–H and O–H groups in total. The molecule has 0 heterocycles. The van der Waals surface area contributed by atoms with E-state index in [0.717, 1.165) is 0 Å². The van der Waals surface area contributed by atoms with Gasteiger partial charge in [-0.1, -0.05) is 6.92 Å². The van der Waals surface area contributed by atoms with Gasteiger partial charge in [-0.15, -0.1) is 23.2 Å². The number of hydrogen-bond acceptors (Lipinski definition) is 3. The van der Waals surface area contributed by atoms with E-state index in [1.165, 1.54) is 0 Å². The molecular weight excluding hydrogens is 241 g/mol. The summed E-state index contributed by atoms with van der Waals surface area (Å²) in [5.74, 6) is -0.181. The van der Waals surface area contributed by atoms with E-state index in [1.807, 2.05) is 0 Å². The third kappa shape index (κ3) is 5.87. The van der Waals surface area contributed by atoms with Crippen LogP contribution in [0.3, 0.4) is 0 Å². The van der Waals surface area contributed by atoms with Crippen molar-refractivity contribution in [1.29, 1.82) is 0 Å². The van der Waals surface area contributed by atoms with Crippen LogP contribution in [0.2, 0.25) is 0 Å². The molecule has 0 aromatic rings. The summed E-state index contributed by atoms with van der Waals surface area (Å²) >= 11 is 10.5. The lowest BCUT2D eigenvalue weighted by molar-refractivity contribution is 0.0666. The van der Waals surface area contributed by atoms with Crippen molar-refractivity contribution in [3.05, 3.63) is 0 Å². The topological polar surface area (TPSA) is 35.5 Å². The van der Waals surface area contributed by atoms with E-state index in [2.05, 4.69) is 4.52 Å². The van der Waals surface area contributed by atoms with Crippen molar-refractivity contribution in [3.8, 4) is 0 Å². The van der Waals surface area contributed by atoms with Crippen LogP contribution < -0.4 is 0 Å². The fourth-order valence-corrected chi connectivity index (χ4v) is 2.09. The van der Waals surface area contributed by atoms with E-state index in [-0.39, 0.29) is 24.5 Å². The van der Waals surface area contributed by atoms with E-state index >= 15 is 0 Å². The zero-order valence-corrected chi connectivity index (χ0v) is 9.62. The van der Waals surface area contributed by atoms with Gasteiger partial charge in [0.05, 0.1) is 12.5 Å². The third-order valence-electron chi connectivity index (χ3n) is 1.15. The summed E-state index contributed by atoms with van der Waals surface area (Å²) in [6, 6.07) is 0. The van der Waals surface area contributed by atoms with Gasteiger partial charge in [-0.2, -0.15) is 0 Å². The SMILES string of the molecule is CCP(=O)(OCCCl)OC(F)CCl. The molecule has 0 aromatic heterocycles. The van der Waals surface area contributed by atoms with Crippen LogP contribution >= 0.6 is 30.8 Å². The van der Waals surface area contributed by atoms with Crippen molar-refractivity contribution in [2.45, 2.75) is 13.3 Å². The lowest BCUT2D eigenvalue weighted by Gasteiger charge is -2.17. The Kier molecular flexibility index (Phi) is 7.37. The number of hydrogen-bond donors (Lipinski definition) is 0. The molecule has 0 rings (SSSR count). The molecule has 2 unspecified atom stereocenters. The van der Waals surface area contributed by atoms with Crippen LogP contribution in [0.1, 0.15) is 6.92 Å². The first-order valence-electron chi connectivity index (χ1n) is 3.76. The molecule has 2 atom stereocenters. The number of halogens is 3. The monoisotopic (exact) mass is 252 g/mol. The minimum atomic E-state index is -3.33. The predicted octanol–water partition coefficient (Wildman–Crippen LogP) is 3.01. The Bertz CT molecular complexity index is 181. The molecule has 0 fully saturated rings. The van der Waals surface area contributed by atoms with Gasteiger partial charge in [0.25, 0.3) is 0 Å². The maximum atomic E-state index is 12.6. The first-order chi connectivity index (χ1) is 6.08. The Balaban J connectivity index is 4.03. The Hall–Kier alpha value is 0.660. The van der Waals surface area contributed by atoms with Gasteiger partial charge >= 0.3 is 7.60 Å². The highest BCUT2D eigenvalue weighted by molar-refractivity contribution is 7.53. The van der Waals surface area contributed by atoms with Crippen molar-refractivity contribution in [3.63, 3.8) is 0 Å².